The lowest BCUT2D eigenvalue weighted by Gasteiger charge is -2.02. The van der Waals surface area contributed by atoms with Crippen molar-refractivity contribution in [1.29, 1.82) is 0 Å². The second-order valence-electron chi connectivity index (χ2n) is 4.94. The quantitative estimate of drug-likeness (QED) is 0.541. The number of anilines is 1. The Balaban J connectivity index is 1.75. The Bertz CT molecular complexity index is 843. The minimum Gasteiger partial charge on any atom is -0.323 e. The maximum absolute atomic E-state index is 11.7. The molecule has 1 amide bonds. The van der Waals surface area contributed by atoms with Gasteiger partial charge in [0.25, 0.3) is 0 Å². The van der Waals surface area contributed by atoms with Gasteiger partial charge in [-0.2, -0.15) is 0 Å². The first-order valence-corrected chi connectivity index (χ1v) is 8.14. The number of para-hydroxylation sites is 1. The molecule has 0 aliphatic carbocycles. The third-order valence-corrected chi connectivity index (χ3v) is 4.33. The fourth-order valence-corrected chi connectivity index (χ4v) is 3.10. The monoisotopic (exact) mass is 320 g/mol. The van der Waals surface area contributed by atoms with Crippen LogP contribution in [-0.4, -0.2) is 10.9 Å². The first-order valence-electron chi connectivity index (χ1n) is 7.32. The Labute approximate surface area is 139 Å². The van der Waals surface area contributed by atoms with E-state index in [0.717, 1.165) is 21.8 Å². The molecule has 23 heavy (non-hydrogen) atoms. The molecule has 0 aliphatic rings. The molecule has 4 heteroatoms. The lowest BCUT2D eigenvalue weighted by Crippen LogP contribution is -2.07. The summed E-state index contributed by atoms with van der Waals surface area (Å²) < 4.78 is 1.17. The Hall–Kier alpha value is -2.72. The molecule has 1 N–H and O–H groups in total. The van der Waals surface area contributed by atoms with Gasteiger partial charge in [0.15, 0.2) is 0 Å². The number of rotatable bonds is 4. The molecule has 0 saturated heterocycles. The van der Waals surface area contributed by atoms with Gasteiger partial charge in [0, 0.05) is 17.3 Å². The number of carbonyl (C=O) groups is 1. The van der Waals surface area contributed by atoms with Crippen molar-refractivity contribution < 1.29 is 4.79 Å². The van der Waals surface area contributed by atoms with Gasteiger partial charge in [0.2, 0.25) is 5.91 Å². The molecule has 0 radical (unpaired) electrons. The summed E-state index contributed by atoms with van der Waals surface area (Å²) in [7, 11) is 0. The summed E-state index contributed by atoms with van der Waals surface area (Å²) in [6, 6.07) is 15.8. The van der Waals surface area contributed by atoms with Crippen molar-refractivity contribution in [3.63, 3.8) is 0 Å². The Morgan fingerprint density at radius 3 is 2.61 bits per heavy atom. The van der Waals surface area contributed by atoms with Crippen LogP contribution < -0.4 is 5.32 Å². The second-order valence-corrected chi connectivity index (χ2v) is 5.97. The van der Waals surface area contributed by atoms with E-state index in [-0.39, 0.29) is 5.91 Å². The van der Waals surface area contributed by atoms with Crippen LogP contribution in [0.4, 0.5) is 5.69 Å². The second kappa shape index (κ2) is 7.03. The molecule has 3 rings (SSSR count). The SMILES string of the molecule is C/C=C/C=C/C(=O)Nc1ccc(-c2nc3ccccc3s2)cc1. The Morgan fingerprint density at radius 2 is 1.87 bits per heavy atom. The number of amides is 1. The summed E-state index contributed by atoms with van der Waals surface area (Å²) in [6.07, 6.45) is 6.90. The fourth-order valence-electron chi connectivity index (χ4n) is 2.13. The van der Waals surface area contributed by atoms with Gasteiger partial charge in [-0.1, -0.05) is 30.4 Å². The number of nitrogens with one attached hydrogen (secondary N) is 1. The molecule has 1 heterocycles. The molecule has 0 aliphatic heterocycles. The highest BCUT2D eigenvalue weighted by atomic mass is 32.1. The molecular weight excluding hydrogens is 304 g/mol. The van der Waals surface area contributed by atoms with Gasteiger partial charge in [0.05, 0.1) is 10.2 Å². The van der Waals surface area contributed by atoms with E-state index in [9.17, 15) is 4.79 Å². The first-order chi connectivity index (χ1) is 11.3. The van der Waals surface area contributed by atoms with Crippen molar-refractivity contribution >= 4 is 33.1 Å². The Kier molecular flexibility index (Phi) is 4.64. The summed E-state index contributed by atoms with van der Waals surface area (Å²) in [6.45, 7) is 1.91. The van der Waals surface area contributed by atoms with E-state index in [1.54, 1.807) is 17.4 Å². The highest BCUT2D eigenvalue weighted by Crippen LogP contribution is 2.30. The Morgan fingerprint density at radius 1 is 1.09 bits per heavy atom. The highest BCUT2D eigenvalue weighted by Gasteiger charge is 2.06. The van der Waals surface area contributed by atoms with E-state index < -0.39 is 0 Å². The first kappa shape index (κ1) is 15.2. The van der Waals surface area contributed by atoms with Crippen molar-refractivity contribution in [3.05, 3.63) is 72.8 Å². The van der Waals surface area contributed by atoms with Gasteiger partial charge in [-0.3, -0.25) is 4.79 Å². The number of nitrogens with zero attached hydrogens (tertiary/aromatic N) is 1. The van der Waals surface area contributed by atoms with Crippen LogP contribution in [-0.2, 0) is 4.79 Å². The molecule has 114 valence electrons. The molecule has 1 aromatic heterocycles. The predicted octanol–water partition coefficient (Wildman–Crippen LogP) is 5.03. The topological polar surface area (TPSA) is 42.0 Å². The van der Waals surface area contributed by atoms with Crippen molar-refractivity contribution in [1.82, 2.24) is 4.98 Å². The van der Waals surface area contributed by atoms with Crippen molar-refractivity contribution in [3.8, 4) is 10.6 Å². The molecule has 0 spiro atoms. The largest absolute Gasteiger partial charge is 0.323 e. The van der Waals surface area contributed by atoms with Crippen LogP contribution in [0.3, 0.4) is 0 Å². The summed E-state index contributed by atoms with van der Waals surface area (Å²) in [4.78, 5) is 16.4. The van der Waals surface area contributed by atoms with Gasteiger partial charge in [-0.25, -0.2) is 4.98 Å². The summed E-state index contributed by atoms with van der Waals surface area (Å²) in [5.41, 5.74) is 2.83. The van der Waals surface area contributed by atoms with Gasteiger partial charge in [-0.05, 0) is 43.3 Å². The smallest absolute Gasteiger partial charge is 0.248 e. The van der Waals surface area contributed by atoms with E-state index >= 15 is 0 Å². The highest BCUT2D eigenvalue weighted by molar-refractivity contribution is 7.21. The molecule has 3 aromatic rings. The normalized spacial score (nSPS) is 11.5. The van der Waals surface area contributed by atoms with Crippen LogP contribution in [0.2, 0.25) is 0 Å². The molecule has 0 atom stereocenters. The van der Waals surface area contributed by atoms with Crippen molar-refractivity contribution in [2.24, 2.45) is 0 Å². The van der Waals surface area contributed by atoms with Crippen LogP contribution in [0.5, 0.6) is 0 Å². The fraction of sp³-hybridized carbons (Fsp3) is 0.0526. The van der Waals surface area contributed by atoms with E-state index in [4.69, 9.17) is 0 Å². The summed E-state index contributed by atoms with van der Waals surface area (Å²) >= 11 is 1.67. The number of carbonyl (C=O) groups excluding carboxylic acids is 1. The van der Waals surface area contributed by atoms with Crippen LogP contribution >= 0.6 is 11.3 Å². The van der Waals surface area contributed by atoms with E-state index in [2.05, 4.69) is 16.4 Å². The van der Waals surface area contributed by atoms with Gasteiger partial charge in [0.1, 0.15) is 5.01 Å². The van der Waals surface area contributed by atoms with E-state index in [0.29, 0.717) is 0 Å². The molecule has 0 unspecified atom stereocenters. The lowest BCUT2D eigenvalue weighted by atomic mass is 10.2. The molecule has 0 fully saturated rings. The van der Waals surface area contributed by atoms with Crippen LogP contribution in [0, 0.1) is 0 Å². The van der Waals surface area contributed by atoms with Crippen LogP contribution in [0.15, 0.2) is 72.8 Å². The maximum atomic E-state index is 11.7. The number of fused-ring (bicyclic) bond motifs is 1. The maximum Gasteiger partial charge on any atom is 0.248 e. The lowest BCUT2D eigenvalue weighted by molar-refractivity contribution is -0.111. The molecule has 0 bridgehead atoms. The number of thiazole rings is 1. The number of aromatic nitrogens is 1. The standard InChI is InChI=1S/C19H16N2OS/c1-2-3-4-9-18(22)20-15-12-10-14(11-13-15)19-21-16-7-5-6-8-17(16)23-19/h2-13H,1H3,(H,20,22)/b3-2+,9-4+. The van der Waals surface area contributed by atoms with Crippen LogP contribution in [0.25, 0.3) is 20.8 Å². The van der Waals surface area contributed by atoms with Gasteiger partial charge >= 0.3 is 0 Å². The average Bonchev–Trinajstić information content (AvgIpc) is 3.00. The van der Waals surface area contributed by atoms with Gasteiger partial charge < -0.3 is 5.32 Å². The average molecular weight is 320 g/mol. The van der Waals surface area contributed by atoms with Gasteiger partial charge in [-0.15, -0.1) is 11.3 Å². The zero-order valence-electron chi connectivity index (χ0n) is 12.7. The third-order valence-electron chi connectivity index (χ3n) is 3.24. The molecule has 3 nitrogen and oxygen atoms in total. The predicted molar refractivity (Wildman–Crippen MR) is 97.6 cm³/mol. The zero-order chi connectivity index (χ0) is 16.1. The van der Waals surface area contributed by atoms with E-state index in [1.807, 2.05) is 61.5 Å². The van der Waals surface area contributed by atoms with E-state index in [1.165, 1.54) is 10.8 Å². The van der Waals surface area contributed by atoms with Crippen LogP contribution in [0.1, 0.15) is 6.92 Å². The minimum absolute atomic E-state index is 0.143. The third kappa shape index (κ3) is 3.73. The van der Waals surface area contributed by atoms with Crippen molar-refractivity contribution in [2.45, 2.75) is 6.92 Å². The zero-order valence-corrected chi connectivity index (χ0v) is 13.5. The number of benzene rings is 2. The molecular formula is C19H16N2OS. The van der Waals surface area contributed by atoms with Crippen molar-refractivity contribution in [2.75, 3.05) is 5.32 Å². The summed E-state index contributed by atoms with van der Waals surface area (Å²) in [5, 5.41) is 3.81. The summed E-state index contributed by atoms with van der Waals surface area (Å²) in [5.74, 6) is -0.143. The molecule has 2 aromatic carbocycles. The number of allylic oxidation sites excluding steroid dienone is 3. The minimum atomic E-state index is -0.143. The number of hydrogen-bond acceptors (Lipinski definition) is 3. The molecule has 0 saturated carbocycles. The number of hydrogen-bond donors (Lipinski definition) is 1.